The number of carboxylic acids is 1. The normalized spacial score (nSPS) is 38.6. The zero-order valence-electron chi connectivity index (χ0n) is 7.54. The lowest BCUT2D eigenvalue weighted by molar-refractivity contribution is -0.154. The third kappa shape index (κ3) is 1.23. The van der Waals surface area contributed by atoms with Gasteiger partial charge in [-0.2, -0.15) is 0 Å². The van der Waals surface area contributed by atoms with Crippen molar-refractivity contribution < 1.29 is 19.4 Å². The van der Waals surface area contributed by atoms with Crippen molar-refractivity contribution in [2.75, 3.05) is 7.11 Å². The molecule has 2 aliphatic heterocycles. The summed E-state index contributed by atoms with van der Waals surface area (Å²) in [5, 5.41) is 8.91. The molecule has 1 saturated heterocycles. The summed E-state index contributed by atoms with van der Waals surface area (Å²) in [6.45, 7) is 0. The average Bonchev–Trinajstić information content (AvgIpc) is 2.74. The Hall–Kier alpha value is -0.970. The lowest BCUT2D eigenvalue weighted by atomic mass is 9.83. The highest BCUT2D eigenvalue weighted by Gasteiger charge is 2.53. The molecule has 0 aromatic carbocycles. The number of aliphatic carboxylic acids is 1. The van der Waals surface area contributed by atoms with Crippen LogP contribution < -0.4 is 0 Å². The van der Waals surface area contributed by atoms with Gasteiger partial charge in [0.15, 0.2) is 0 Å². The third-order valence-electron chi connectivity index (χ3n) is 2.66. The Morgan fingerprint density at radius 1 is 1.29 bits per heavy atom. The highest BCUT2D eigenvalue weighted by Crippen LogP contribution is 2.49. The predicted octanol–water partition coefficient (Wildman–Crippen LogP) is 0.530. The van der Waals surface area contributed by atoms with Crippen molar-refractivity contribution in [1.29, 1.82) is 0 Å². The van der Waals surface area contributed by atoms with Gasteiger partial charge in [-0.05, 0) is 0 Å². The zero-order valence-corrected chi connectivity index (χ0v) is 8.36. The molecule has 0 unspecified atom stereocenters. The van der Waals surface area contributed by atoms with Gasteiger partial charge in [0.1, 0.15) is 0 Å². The van der Waals surface area contributed by atoms with E-state index < -0.39 is 23.8 Å². The molecule has 2 heterocycles. The molecule has 4 nitrogen and oxygen atoms in total. The fraction of sp³-hybridized carbons (Fsp3) is 0.556. The van der Waals surface area contributed by atoms with Crippen LogP contribution in [0.4, 0.5) is 0 Å². The van der Waals surface area contributed by atoms with E-state index >= 15 is 0 Å². The van der Waals surface area contributed by atoms with Crippen LogP contribution in [0.3, 0.4) is 0 Å². The van der Waals surface area contributed by atoms with Crippen LogP contribution in [0.1, 0.15) is 0 Å². The maximum absolute atomic E-state index is 11.4. The fourth-order valence-corrected chi connectivity index (χ4v) is 3.65. The van der Waals surface area contributed by atoms with Crippen molar-refractivity contribution in [3.05, 3.63) is 12.2 Å². The molecule has 2 bridgehead atoms. The molecule has 76 valence electrons. The molecule has 0 spiro atoms. The molecule has 1 fully saturated rings. The van der Waals surface area contributed by atoms with Crippen LogP contribution in [0.5, 0.6) is 0 Å². The van der Waals surface area contributed by atoms with Crippen LogP contribution in [0, 0.1) is 11.8 Å². The summed E-state index contributed by atoms with van der Waals surface area (Å²) in [6, 6.07) is 0. The Morgan fingerprint density at radius 2 is 1.86 bits per heavy atom. The highest BCUT2D eigenvalue weighted by molar-refractivity contribution is 8.01. The van der Waals surface area contributed by atoms with Gasteiger partial charge in [-0.1, -0.05) is 12.2 Å². The monoisotopic (exact) mass is 214 g/mol. The van der Waals surface area contributed by atoms with Gasteiger partial charge in [-0.15, -0.1) is 11.8 Å². The molecule has 0 aliphatic carbocycles. The maximum Gasteiger partial charge on any atom is 0.311 e. The van der Waals surface area contributed by atoms with Crippen LogP contribution in [-0.4, -0.2) is 34.7 Å². The molecule has 0 radical (unpaired) electrons. The van der Waals surface area contributed by atoms with Gasteiger partial charge in [0.25, 0.3) is 0 Å². The summed E-state index contributed by atoms with van der Waals surface area (Å²) >= 11 is 1.53. The highest BCUT2D eigenvalue weighted by atomic mass is 32.2. The van der Waals surface area contributed by atoms with Crippen LogP contribution in [-0.2, 0) is 14.3 Å². The topological polar surface area (TPSA) is 63.6 Å². The van der Waals surface area contributed by atoms with Crippen LogP contribution in [0.15, 0.2) is 12.2 Å². The standard InChI is InChI=1S/C9H10O4S/c1-13-9(12)7-5-3-2-4(14-5)6(7)8(10)11/h2-7H,1H3,(H,10,11)/t4-,5+,6-,7+/m1/s1. The van der Waals surface area contributed by atoms with E-state index in [1.54, 1.807) is 0 Å². The number of carbonyl (C=O) groups is 2. The fourth-order valence-electron chi connectivity index (χ4n) is 2.02. The summed E-state index contributed by atoms with van der Waals surface area (Å²) in [5.41, 5.74) is 0. The van der Waals surface area contributed by atoms with E-state index in [4.69, 9.17) is 5.11 Å². The van der Waals surface area contributed by atoms with Crippen molar-refractivity contribution in [2.45, 2.75) is 10.5 Å². The van der Waals surface area contributed by atoms with Crippen LogP contribution in [0.2, 0.25) is 0 Å². The SMILES string of the molecule is COC(=O)[C@@H]1[C@H](C(=O)O)[C@H]2C=C[C@@H]1S2. The minimum atomic E-state index is -0.912. The predicted molar refractivity (Wildman–Crippen MR) is 50.9 cm³/mol. The van der Waals surface area contributed by atoms with Crippen molar-refractivity contribution in [2.24, 2.45) is 11.8 Å². The van der Waals surface area contributed by atoms with Crippen molar-refractivity contribution in [1.82, 2.24) is 0 Å². The molecule has 4 atom stereocenters. The average molecular weight is 214 g/mol. The largest absolute Gasteiger partial charge is 0.481 e. The van der Waals surface area contributed by atoms with Crippen molar-refractivity contribution in [3.63, 3.8) is 0 Å². The number of hydrogen-bond acceptors (Lipinski definition) is 4. The van der Waals surface area contributed by atoms with Crippen molar-refractivity contribution >= 4 is 23.7 Å². The Kier molecular flexibility index (Phi) is 2.26. The number of carboxylic acid groups (broad SMARTS) is 1. The molecule has 0 aromatic rings. The summed E-state index contributed by atoms with van der Waals surface area (Å²) < 4.78 is 4.62. The first-order chi connectivity index (χ1) is 6.65. The van der Waals surface area contributed by atoms with Gasteiger partial charge < -0.3 is 9.84 Å². The van der Waals surface area contributed by atoms with Gasteiger partial charge in [0.2, 0.25) is 0 Å². The molecule has 0 amide bonds. The Morgan fingerprint density at radius 3 is 2.36 bits per heavy atom. The molecule has 0 aromatic heterocycles. The number of rotatable bonds is 2. The van der Waals surface area contributed by atoms with Gasteiger partial charge >= 0.3 is 11.9 Å². The first-order valence-electron chi connectivity index (χ1n) is 4.29. The first-order valence-corrected chi connectivity index (χ1v) is 5.24. The maximum atomic E-state index is 11.4. The van der Waals surface area contributed by atoms with Gasteiger partial charge in [0.05, 0.1) is 18.9 Å². The second-order valence-electron chi connectivity index (χ2n) is 3.36. The molecule has 14 heavy (non-hydrogen) atoms. The number of fused-ring (bicyclic) bond motifs is 2. The Bertz CT molecular complexity index is 312. The molecule has 2 rings (SSSR count). The van der Waals surface area contributed by atoms with E-state index in [0.29, 0.717) is 0 Å². The number of esters is 1. The third-order valence-corrected chi connectivity index (χ3v) is 4.19. The Labute approximate surface area is 85.3 Å². The van der Waals surface area contributed by atoms with Gasteiger partial charge in [-0.25, -0.2) is 0 Å². The molecule has 5 heteroatoms. The number of ether oxygens (including phenoxy) is 1. The van der Waals surface area contributed by atoms with E-state index in [1.165, 1.54) is 18.9 Å². The second-order valence-corrected chi connectivity index (χ2v) is 4.72. The summed E-state index contributed by atoms with van der Waals surface area (Å²) in [5.74, 6) is -2.47. The molecular weight excluding hydrogens is 204 g/mol. The number of hydrogen-bond donors (Lipinski definition) is 1. The number of thioether (sulfide) groups is 1. The van der Waals surface area contributed by atoms with E-state index in [0.717, 1.165) is 0 Å². The zero-order chi connectivity index (χ0) is 10.3. The van der Waals surface area contributed by atoms with Crippen LogP contribution >= 0.6 is 11.8 Å². The first kappa shape index (κ1) is 9.58. The van der Waals surface area contributed by atoms with Gasteiger partial charge in [0, 0.05) is 10.5 Å². The van der Waals surface area contributed by atoms with E-state index in [1.807, 2.05) is 12.2 Å². The quantitative estimate of drug-likeness (QED) is 0.536. The summed E-state index contributed by atoms with van der Waals surface area (Å²) in [4.78, 5) is 22.4. The smallest absolute Gasteiger partial charge is 0.311 e. The summed E-state index contributed by atoms with van der Waals surface area (Å²) in [7, 11) is 1.29. The van der Waals surface area contributed by atoms with E-state index in [2.05, 4.69) is 4.74 Å². The number of carbonyl (C=O) groups excluding carboxylic acids is 1. The van der Waals surface area contributed by atoms with Crippen molar-refractivity contribution in [3.8, 4) is 0 Å². The molecular formula is C9H10O4S. The lowest BCUT2D eigenvalue weighted by Gasteiger charge is -2.20. The minimum absolute atomic E-state index is 0.0199. The van der Waals surface area contributed by atoms with E-state index in [-0.39, 0.29) is 10.5 Å². The molecule has 2 aliphatic rings. The molecule has 1 N–H and O–H groups in total. The number of methoxy groups -OCH3 is 1. The minimum Gasteiger partial charge on any atom is -0.481 e. The lowest BCUT2D eigenvalue weighted by Crippen LogP contribution is -2.36. The molecule has 0 saturated carbocycles. The van der Waals surface area contributed by atoms with Gasteiger partial charge in [-0.3, -0.25) is 9.59 Å². The summed E-state index contributed by atoms with van der Waals surface area (Å²) in [6.07, 6.45) is 3.77. The van der Waals surface area contributed by atoms with Crippen LogP contribution in [0.25, 0.3) is 0 Å². The Balaban J connectivity index is 2.26. The van der Waals surface area contributed by atoms with E-state index in [9.17, 15) is 9.59 Å². The second kappa shape index (κ2) is 3.31.